The first-order valence-corrected chi connectivity index (χ1v) is 5.65. The highest BCUT2D eigenvalue weighted by molar-refractivity contribution is 6.30. The van der Waals surface area contributed by atoms with Crippen LogP contribution in [-0.4, -0.2) is 22.2 Å². The lowest BCUT2D eigenvalue weighted by molar-refractivity contribution is 0.103. The van der Waals surface area contributed by atoms with Gasteiger partial charge >= 0.3 is 6.16 Å². The van der Waals surface area contributed by atoms with E-state index in [9.17, 15) is 4.79 Å². The third kappa shape index (κ3) is 5.23. The second-order valence-corrected chi connectivity index (χ2v) is 3.92. The van der Waals surface area contributed by atoms with Crippen molar-refractivity contribution in [1.82, 2.24) is 0 Å². The van der Waals surface area contributed by atoms with E-state index < -0.39 is 6.16 Å². The minimum Gasteiger partial charge on any atom is -0.450 e. The van der Waals surface area contributed by atoms with E-state index in [4.69, 9.17) is 26.6 Å². The van der Waals surface area contributed by atoms with E-state index in [1.807, 2.05) is 18.2 Å². The van der Waals surface area contributed by atoms with Gasteiger partial charge in [0.05, 0.1) is 0 Å². The van der Waals surface area contributed by atoms with Crippen molar-refractivity contribution in [2.45, 2.75) is 0 Å². The third-order valence-electron chi connectivity index (χ3n) is 2.14. The van der Waals surface area contributed by atoms with Crippen molar-refractivity contribution >= 4 is 23.5 Å². The van der Waals surface area contributed by atoms with Crippen LogP contribution >= 0.6 is 11.6 Å². The van der Waals surface area contributed by atoms with Crippen LogP contribution in [0.5, 0.6) is 0 Å². The lowest BCUT2D eigenvalue weighted by Crippen LogP contribution is -1.99. The molecule has 0 unspecified atom stereocenters. The molecule has 0 bridgehead atoms. The van der Waals surface area contributed by atoms with Crippen molar-refractivity contribution in [2.24, 2.45) is 0 Å². The van der Waals surface area contributed by atoms with Gasteiger partial charge in [0.25, 0.3) is 0 Å². The van der Waals surface area contributed by atoms with Crippen LogP contribution in [0.25, 0.3) is 0 Å². The number of carbonyl (C=O) groups excluding carboxylic acids is 1. The van der Waals surface area contributed by atoms with Crippen molar-refractivity contribution < 1.29 is 19.8 Å². The quantitative estimate of drug-likeness (QED) is 0.820. The summed E-state index contributed by atoms with van der Waals surface area (Å²) in [6.07, 6.45) is -1.83. The molecule has 0 saturated carbocycles. The fourth-order valence-electron chi connectivity index (χ4n) is 1.36. The summed E-state index contributed by atoms with van der Waals surface area (Å²) in [5.74, 6) is 0.0206. The van der Waals surface area contributed by atoms with Crippen LogP contribution in [0.2, 0.25) is 5.02 Å². The van der Waals surface area contributed by atoms with Gasteiger partial charge in [0, 0.05) is 16.1 Å². The number of rotatable bonds is 2. The molecule has 0 heterocycles. The molecule has 0 spiro atoms. The Labute approximate surface area is 114 Å². The van der Waals surface area contributed by atoms with Crippen molar-refractivity contribution in [3.63, 3.8) is 0 Å². The van der Waals surface area contributed by atoms with Gasteiger partial charge < -0.3 is 10.2 Å². The minimum absolute atomic E-state index is 0.0206. The highest BCUT2D eigenvalue weighted by Crippen LogP contribution is 2.13. The van der Waals surface area contributed by atoms with Crippen LogP contribution in [0.15, 0.2) is 54.6 Å². The van der Waals surface area contributed by atoms with E-state index in [2.05, 4.69) is 0 Å². The third-order valence-corrected chi connectivity index (χ3v) is 2.39. The van der Waals surface area contributed by atoms with Crippen molar-refractivity contribution in [3.05, 3.63) is 70.7 Å². The van der Waals surface area contributed by atoms with Crippen LogP contribution in [0.1, 0.15) is 15.9 Å². The highest BCUT2D eigenvalue weighted by Gasteiger charge is 2.07. The molecule has 0 aliphatic carbocycles. The molecule has 0 aliphatic heterocycles. The van der Waals surface area contributed by atoms with Gasteiger partial charge in [-0.2, -0.15) is 0 Å². The molecular formula is C14H11ClO4. The molecule has 5 heteroatoms. The predicted octanol–water partition coefficient (Wildman–Crippen LogP) is 3.79. The zero-order chi connectivity index (χ0) is 14.3. The topological polar surface area (TPSA) is 74.6 Å². The molecule has 4 nitrogen and oxygen atoms in total. The molecule has 0 amide bonds. The summed E-state index contributed by atoms with van der Waals surface area (Å²) in [7, 11) is 0. The van der Waals surface area contributed by atoms with Gasteiger partial charge in [-0.1, -0.05) is 41.9 Å². The first-order chi connectivity index (χ1) is 9.00. The lowest BCUT2D eigenvalue weighted by atomic mass is 10.0. The molecule has 0 saturated heterocycles. The Balaban J connectivity index is 0.000000399. The van der Waals surface area contributed by atoms with Gasteiger partial charge in [0.15, 0.2) is 5.78 Å². The van der Waals surface area contributed by atoms with Crippen LogP contribution < -0.4 is 0 Å². The highest BCUT2D eigenvalue weighted by atomic mass is 35.5. The monoisotopic (exact) mass is 278 g/mol. The average Bonchev–Trinajstić information content (AvgIpc) is 2.39. The normalized spacial score (nSPS) is 9.11. The molecule has 2 N–H and O–H groups in total. The van der Waals surface area contributed by atoms with Gasteiger partial charge in [-0.05, 0) is 24.3 Å². The summed E-state index contributed by atoms with van der Waals surface area (Å²) in [6, 6.07) is 16.1. The fraction of sp³-hybridized carbons (Fsp3) is 0. The SMILES string of the molecule is O=C(O)O.O=C(c1ccccc1)c1ccc(Cl)cc1. The Morgan fingerprint density at radius 3 is 1.68 bits per heavy atom. The maximum atomic E-state index is 11.9. The maximum Gasteiger partial charge on any atom is 0.503 e. The Morgan fingerprint density at radius 2 is 1.21 bits per heavy atom. The molecule has 98 valence electrons. The average molecular weight is 279 g/mol. The van der Waals surface area contributed by atoms with E-state index >= 15 is 0 Å². The van der Waals surface area contributed by atoms with Crippen molar-refractivity contribution in [3.8, 4) is 0 Å². The second-order valence-electron chi connectivity index (χ2n) is 3.48. The van der Waals surface area contributed by atoms with Gasteiger partial charge in [-0.15, -0.1) is 0 Å². The summed E-state index contributed by atoms with van der Waals surface area (Å²) in [5.41, 5.74) is 1.35. The van der Waals surface area contributed by atoms with Crippen LogP contribution in [0.3, 0.4) is 0 Å². The summed E-state index contributed by atoms with van der Waals surface area (Å²) in [5, 5.41) is 14.6. The molecule has 0 fully saturated rings. The van der Waals surface area contributed by atoms with Crippen LogP contribution in [0, 0.1) is 0 Å². The van der Waals surface area contributed by atoms with Gasteiger partial charge in [0.1, 0.15) is 0 Å². The van der Waals surface area contributed by atoms with E-state index in [-0.39, 0.29) is 5.78 Å². The summed E-state index contributed by atoms with van der Waals surface area (Å²) in [4.78, 5) is 20.5. The smallest absolute Gasteiger partial charge is 0.450 e. The van der Waals surface area contributed by atoms with Gasteiger partial charge in [-0.3, -0.25) is 4.79 Å². The first kappa shape index (κ1) is 14.7. The van der Waals surface area contributed by atoms with E-state index in [1.165, 1.54) is 0 Å². The number of hydrogen-bond acceptors (Lipinski definition) is 2. The second kappa shape index (κ2) is 7.18. The molecule has 0 atom stereocenters. The fourth-order valence-corrected chi connectivity index (χ4v) is 1.48. The Morgan fingerprint density at radius 1 is 0.789 bits per heavy atom. The number of benzene rings is 2. The molecule has 2 aromatic carbocycles. The Kier molecular flexibility index (Phi) is 5.57. The lowest BCUT2D eigenvalue weighted by Gasteiger charge is -2.00. The number of ketones is 1. The molecule has 19 heavy (non-hydrogen) atoms. The Hall–Kier alpha value is -2.33. The molecule has 2 aromatic rings. The number of carbonyl (C=O) groups is 2. The van der Waals surface area contributed by atoms with Crippen LogP contribution in [0.4, 0.5) is 4.79 Å². The van der Waals surface area contributed by atoms with Gasteiger partial charge in [-0.25, -0.2) is 4.79 Å². The first-order valence-electron chi connectivity index (χ1n) is 5.28. The van der Waals surface area contributed by atoms with Crippen LogP contribution in [-0.2, 0) is 0 Å². The van der Waals surface area contributed by atoms with E-state index in [0.29, 0.717) is 16.1 Å². The largest absolute Gasteiger partial charge is 0.503 e. The predicted molar refractivity (Wildman–Crippen MR) is 72.0 cm³/mol. The number of carboxylic acid groups (broad SMARTS) is 2. The summed E-state index contributed by atoms with van der Waals surface area (Å²) >= 11 is 5.75. The van der Waals surface area contributed by atoms with E-state index in [1.54, 1.807) is 36.4 Å². The van der Waals surface area contributed by atoms with Crippen molar-refractivity contribution in [2.75, 3.05) is 0 Å². The molecule has 0 radical (unpaired) electrons. The zero-order valence-corrected chi connectivity index (χ0v) is 10.5. The minimum atomic E-state index is -1.83. The Bertz CT molecular complexity index is 545. The standard InChI is InChI=1S/C13H9ClO.CH2O3/c14-12-8-6-11(7-9-12)13(15)10-4-2-1-3-5-10;2-1(3)4/h1-9H;(H2,2,3,4). The number of halogens is 1. The number of hydrogen-bond donors (Lipinski definition) is 2. The van der Waals surface area contributed by atoms with Gasteiger partial charge in [0.2, 0.25) is 0 Å². The molecule has 0 aromatic heterocycles. The zero-order valence-electron chi connectivity index (χ0n) is 9.79. The molecule has 0 aliphatic rings. The van der Waals surface area contributed by atoms with Crippen molar-refractivity contribution in [1.29, 1.82) is 0 Å². The summed E-state index contributed by atoms with van der Waals surface area (Å²) < 4.78 is 0. The molecular weight excluding hydrogens is 268 g/mol. The summed E-state index contributed by atoms with van der Waals surface area (Å²) in [6.45, 7) is 0. The van der Waals surface area contributed by atoms with E-state index in [0.717, 1.165) is 0 Å². The maximum absolute atomic E-state index is 11.9. The molecule has 2 rings (SSSR count).